The van der Waals surface area contributed by atoms with E-state index < -0.39 is 11.2 Å². The number of furan rings is 1. The first-order valence-electron chi connectivity index (χ1n) is 9.63. The summed E-state index contributed by atoms with van der Waals surface area (Å²) >= 11 is 2.20. The number of hydrogen-bond donors (Lipinski definition) is 2. The molecular weight excluding hydrogens is 464 g/mol. The Kier molecular flexibility index (Phi) is 7.66. The van der Waals surface area contributed by atoms with Crippen molar-refractivity contribution in [1.82, 2.24) is 9.97 Å². The van der Waals surface area contributed by atoms with Crippen LogP contribution >= 0.6 is 23.1 Å². The number of nitrogen functional groups attached to an aromatic ring is 1. The molecule has 3 N–H and O–H groups in total. The molecule has 0 aromatic carbocycles. The molecule has 0 fully saturated rings. The number of rotatable bonds is 8. The van der Waals surface area contributed by atoms with Crippen molar-refractivity contribution in [3.8, 4) is 23.5 Å². The van der Waals surface area contributed by atoms with E-state index in [1.807, 2.05) is 12.1 Å². The van der Waals surface area contributed by atoms with Gasteiger partial charge in [-0.15, -0.1) is 11.3 Å². The Morgan fingerprint density at radius 1 is 1.33 bits per heavy atom. The number of thiazole rings is 1. The fourth-order valence-electron chi connectivity index (χ4n) is 2.78. The number of carbonyl (C=O) groups is 2. The summed E-state index contributed by atoms with van der Waals surface area (Å²) in [6.07, 6.45) is 1.43. The van der Waals surface area contributed by atoms with Gasteiger partial charge in [0.2, 0.25) is 5.91 Å². The van der Waals surface area contributed by atoms with Crippen LogP contribution in [0, 0.1) is 22.7 Å². The van der Waals surface area contributed by atoms with Crippen LogP contribution in [0.2, 0.25) is 0 Å². The molecule has 0 saturated carbocycles. The number of nitrogens with two attached hydrogens (primary N) is 1. The molecule has 1 atom stereocenters. The third-order valence-corrected chi connectivity index (χ3v) is 6.15. The van der Waals surface area contributed by atoms with Crippen molar-refractivity contribution in [3.63, 3.8) is 0 Å². The Morgan fingerprint density at radius 3 is 2.73 bits per heavy atom. The first-order chi connectivity index (χ1) is 15.9. The lowest BCUT2D eigenvalue weighted by atomic mass is 10.0. The molecule has 168 valence electrons. The average molecular weight is 483 g/mol. The standard InChI is InChI=1S/C21H18N6O4S2/c1-3-30-16(28)7-12-10-32-21(25-12)27-19(29)11(2)33-20-14(9-23)17(15-5-4-6-31-15)13(8-22)18(24)26-20/h4-6,10-11H,3,7H2,1-2H3,(H2,24,26)(H,25,27,29). The zero-order chi connectivity index (χ0) is 24.0. The molecule has 3 aromatic rings. The topological polar surface area (TPSA) is 168 Å². The second kappa shape index (κ2) is 10.6. The van der Waals surface area contributed by atoms with Gasteiger partial charge in [-0.2, -0.15) is 10.5 Å². The number of hydrogen-bond acceptors (Lipinski definition) is 11. The van der Waals surface area contributed by atoms with Crippen LogP contribution in [-0.2, 0) is 20.7 Å². The summed E-state index contributed by atoms with van der Waals surface area (Å²) in [6, 6.07) is 7.24. The predicted octanol–water partition coefficient (Wildman–Crippen LogP) is 3.35. The molecule has 0 bridgehead atoms. The summed E-state index contributed by atoms with van der Waals surface area (Å²) in [5.74, 6) is -0.551. The molecule has 0 aliphatic rings. The van der Waals surface area contributed by atoms with E-state index in [1.165, 1.54) is 17.6 Å². The Hall–Kier alpha value is -3.87. The minimum absolute atomic E-state index is 0.0139. The van der Waals surface area contributed by atoms with E-state index in [9.17, 15) is 20.1 Å². The second-order valence-corrected chi connectivity index (χ2v) is 8.69. The van der Waals surface area contributed by atoms with Crippen molar-refractivity contribution in [2.24, 2.45) is 0 Å². The smallest absolute Gasteiger partial charge is 0.311 e. The molecule has 0 saturated heterocycles. The number of thioether (sulfide) groups is 1. The van der Waals surface area contributed by atoms with Crippen LogP contribution in [0.25, 0.3) is 11.3 Å². The summed E-state index contributed by atoms with van der Waals surface area (Å²) in [5.41, 5.74) is 6.80. The van der Waals surface area contributed by atoms with Gasteiger partial charge >= 0.3 is 5.97 Å². The number of anilines is 2. The number of aromatic nitrogens is 2. The summed E-state index contributed by atoms with van der Waals surface area (Å²) in [7, 11) is 0. The SMILES string of the molecule is CCOC(=O)Cc1csc(NC(=O)C(C)Sc2nc(N)c(C#N)c(-c3ccco3)c2C#N)n1. The molecule has 0 aliphatic heterocycles. The fraction of sp³-hybridized carbons (Fsp3) is 0.238. The van der Waals surface area contributed by atoms with Gasteiger partial charge < -0.3 is 20.2 Å². The lowest BCUT2D eigenvalue weighted by molar-refractivity contribution is -0.142. The summed E-state index contributed by atoms with van der Waals surface area (Å²) in [4.78, 5) is 32.7. The van der Waals surface area contributed by atoms with Crippen molar-refractivity contribution >= 4 is 45.9 Å². The third-order valence-electron chi connectivity index (χ3n) is 4.25. The summed E-state index contributed by atoms with van der Waals surface area (Å²) < 4.78 is 10.3. The predicted molar refractivity (Wildman–Crippen MR) is 122 cm³/mol. The molecule has 0 aliphatic carbocycles. The van der Waals surface area contributed by atoms with Crippen molar-refractivity contribution < 1.29 is 18.7 Å². The summed E-state index contributed by atoms with van der Waals surface area (Å²) in [5, 5.41) is 23.5. The minimum atomic E-state index is -0.682. The molecule has 12 heteroatoms. The van der Waals surface area contributed by atoms with E-state index >= 15 is 0 Å². The van der Waals surface area contributed by atoms with Crippen LogP contribution in [0.4, 0.5) is 10.9 Å². The van der Waals surface area contributed by atoms with E-state index in [-0.39, 0.29) is 46.5 Å². The van der Waals surface area contributed by atoms with Gasteiger partial charge in [0.25, 0.3) is 0 Å². The normalized spacial score (nSPS) is 11.3. The van der Waals surface area contributed by atoms with Gasteiger partial charge in [-0.1, -0.05) is 11.8 Å². The number of amides is 1. The Labute approximate surface area is 197 Å². The molecule has 3 heterocycles. The molecule has 1 amide bonds. The molecule has 1 unspecified atom stereocenters. The third kappa shape index (κ3) is 5.49. The largest absolute Gasteiger partial charge is 0.466 e. The Balaban J connectivity index is 1.79. The van der Waals surface area contributed by atoms with Crippen LogP contribution in [0.15, 0.2) is 33.2 Å². The van der Waals surface area contributed by atoms with Crippen LogP contribution < -0.4 is 11.1 Å². The van der Waals surface area contributed by atoms with Gasteiger partial charge in [0.15, 0.2) is 5.13 Å². The minimum Gasteiger partial charge on any atom is -0.466 e. The van der Waals surface area contributed by atoms with Crippen LogP contribution in [-0.4, -0.2) is 33.7 Å². The lowest BCUT2D eigenvalue weighted by Crippen LogP contribution is -2.23. The number of nitrogens with zero attached hydrogens (tertiary/aromatic N) is 4. The highest BCUT2D eigenvalue weighted by Crippen LogP contribution is 2.37. The van der Waals surface area contributed by atoms with E-state index in [0.717, 1.165) is 11.8 Å². The molecule has 0 spiro atoms. The number of esters is 1. The van der Waals surface area contributed by atoms with Crippen molar-refractivity contribution in [2.45, 2.75) is 30.5 Å². The van der Waals surface area contributed by atoms with Crippen molar-refractivity contribution in [1.29, 1.82) is 10.5 Å². The summed E-state index contributed by atoms with van der Waals surface area (Å²) in [6.45, 7) is 3.63. The zero-order valence-electron chi connectivity index (χ0n) is 17.6. The Bertz CT molecular complexity index is 1260. The average Bonchev–Trinajstić information content (AvgIpc) is 3.45. The van der Waals surface area contributed by atoms with Gasteiger partial charge in [0.1, 0.15) is 34.3 Å². The molecule has 3 rings (SSSR count). The fourth-order valence-corrected chi connectivity index (χ4v) is 4.41. The maximum absolute atomic E-state index is 12.7. The quantitative estimate of drug-likeness (QED) is 0.359. The van der Waals surface area contributed by atoms with Gasteiger partial charge in [-0.05, 0) is 26.0 Å². The molecule has 10 nitrogen and oxygen atoms in total. The highest BCUT2D eigenvalue weighted by Gasteiger charge is 2.25. The number of carbonyl (C=O) groups excluding carboxylic acids is 2. The monoisotopic (exact) mass is 482 g/mol. The lowest BCUT2D eigenvalue weighted by Gasteiger charge is -2.14. The first kappa shape index (κ1) is 23.8. The number of nitrogens with one attached hydrogen (secondary N) is 1. The van der Waals surface area contributed by atoms with Crippen LogP contribution in [0.5, 0.6) is 0 Å². The van der Waals surface area contributed by atoms with Gasteiger partial charge in [-0.3, -0.25) is 9.59 Å². The highest BCUT2D eigenvalue weighted by molar-refractivity contribution is 8.00. The molecule has 33 heavy (non-hydrogen) atoms. The van der Waals surface area contributed by atoms with Crippen molar-refractivity contribution in [2.75, 3.05) is 17.7 Å². The van der Waals surface area contributed by atoms with Gasteiger partial charge in [-0.25, -0.2) is 9.97 Å². The second-order valence-electron chi connectivity index (χ2n) is 6.50. The number of ether oxygens (including phenoxy) is 1. The Morgan fingerprint density at radius 2 is 2.09 bits per heavy atom. The molecular formula is C21H18N6O4S2. The van der Waals surface area contributed by atoms with Gasteiger partial charge in [0, 0.05) is 5.38 Å². The van der Waals surface area contributed by atoms with E-state index in [0.29, 0.717) is 16.6 Å². The maximum Gasteiger partial charge on any atom is 0.311 e. The zero-order valence-corrected chi connectivity index (χ0v) is 19.2. The highest BCUT2D eigenvalue weighted by atomic mass is 32.2. The van der Waals surface area contributed by atoms with E-state index in [2.05, 4.69) is 15.3 Å². The molecule has 0 radical (unpaired) electrons. The van der Waals surface area contributed by atoms with E-state index in [4.69, 9.17) is 14.9 Å². The number of nitriles is 2. The van der Waals surface area contributed by atoms with Crippen LogP contribution in [0.3, 0.4) is 0 Å². The first-order valence-corrected chi connectivity index (χ1v) is 11.4. The number of pyridine rings is 1. The van der Waals surface area contributed by atoms with Crippen molar-refractivity contribution in [3.05, 3.63) is 40.6 Å². The van der Waals surface area contributed by atoms with Gasteiger partial charge in [0.05, 0.1) is 41.4 Å². The molecule has 3 aromatic heterocycles. The maximum atomic E-state index is 12.7. The van der Waals surface area contributed by atoms with E-state index in [1.54, 1.807) is 31.4 Å². The van der Waals surface area contributed by atoms with Crippen LogP contribution in [0.1, 0.15) is 30.7 Å².